The molecule has 0 aliphatic rings. The van der Waals surface area contributed by atoms with Crippen molar-refractivity contribution in [1.29, 1.82) is 0 Å². The maximum absolute atomic E-state index is 7.62. The second-order valence-corrected chi connectivity index (χ2v) is 2.24. The highest BCUT2D eigenvalue weighted by Crippen LogP contribution is 1.97. The third-order valence-corrected chi connectivity index (χ3v) is 1.19. The zero-order valence-corrected chi connectivity index (χ0v) is 15.9. The van der Waals surface area contributed by atoms with Gasteiger partial charge in [-0.3, -0.25) is 4.84 Å². The van der Waals surface area contributed by atoms with Crippen molar-refractivity contribution >= 4 is 0 Å². The average molecular weight is 354 g/mol. The summed E-state index contributed by atoms with van der Waals surface area (Å²) in [5, 5.41) is 15.2. The Hall–Kier alpha value is -2.50. The Morgan fingerprint density at radius 3 is 1.12 bits per heavy atom. The van der Waals surface area contributed by atoms with Crippen molar-refractivity contribution in [3.8, 4) is 0 Å². The Kier molecular flexibility index (Phi) is 173. The maximum atomic E-state index is 7.62. The van der Waals surface area contributed by atoms with E-state index in [1.807, 2.05) is 30.3 Å². The zero-order valence-electron chi connectivity index (χ0n) is 15.9. The summed E-state index contributed by atoms with van der Waals surface area (Å²) >= 11 is 0. The smallest absolute Gasteiger partial charge is 0.0930 e. The molecular formula is C21H39NO3. The second-order valence-electron chi connectivity index (χ2n) is 2.24. The van der Waals surface area contributed by atoms with E-state index < -0.39 is 0 Å². The first kappa shape index (κ1) is 43.3. The third-order valence-electron chi connectivity index (χ3n) is 1.19. The molecule has 146 valence electrons. The van der Waals surface area contributed by atoms with Crippen LogP contribution in [-0.4, -0.2) is 23.4 Å². The van der Waals surface area contributed by atoms with Crippen LogP contribution in [0.3, 0.4) is 0 Å². The molecule has 25 heavy (non-hydrogen) atoms. The van der Waals surface area contributed by atoms with Crippen molar-refractivity contribution in [3.05, 3.63) is 115 Å². The quantitative estimate of drug-likeness (QED) is 0.536. The van der Waals surface area contributed by atoms with Gasteiger partial charge in [0.25, 0.3) is 0 Å². The number of benzene rings is 1. The molecule has 0 aromatic heterocycles. The first-order valence-corrected chi connectivity index (χ1v) is 6.92. The van der Waals surface area contributed by atoms with Gasteiger partial charge in [0, 0.05) is 0 Å². The second kappa shape index (κ2) is 100. The summed E-state index contributed by atoms with van der Waals surface area (Å²) in [4.78, 5) is 4.43. The molecule has 0 aliphatic heterocycles. The molecule has 0 unspecified atom stereocenters. The van der Waals surface area contributed by atoms with E-state index in [0.29, 0.717) is 6.61 Å². The van der Waals surface area contributed by atoms with E-state index in [2.05, 4.69) is 83.8 Å². The molecule has 0 bridgehead atoms. The number of hydrogen-bond donors (Lipinski definition) is 3. The SMILES string of the molecule is C=C.C=C.C=C.C=C.C=C.C=C.NOCc1ccccc1.OCCO. The van der Waals surface area contributed by atoms with Gasteiger partial charge >= 0.3 is 0 Å². The Balaban J connectivity index is -0.0000000348. The molecule has 0 fully saturated rings. The van der Waals surface area contributed by atoms with Gasteiger partial charge in [-0.2, -0.15) is 0 Å². The zero-order chi connectivity index (χ0) is 21.9. The van der Waals surface area contributed by atoms with Gasteiger partial charge in [-0.05, 0) is 5.56 Å². The minimum atomic E-state index is -0.125. The molecule has 0 radical (unpaired) electrons. The normalized spacial score (nSPS) is 5.56. The molecule has 0 amide bonds. The standard InChI is InChI=1S/C7H9NO.C2H6O2.6C2H4/c8-9-6-7-4-2-1-3-5-7;3-1-2-4;6*1-2/h1-5H,6,8H2;3-4H,1-2H2;6*1-2H2. The highest BCUT2D eigenvalue weighted by molar-refractivity contribution is 5.13. The number of aliphatic hydroxyl groups excluding tert-OH is 2. The molecule has 4 heteroatoms. The summed E-state index contributed by atoms with van der Waals surface area (Å²) < 4.78 is 0. The van der Waals surface area contributed by atoms with Crippen molar-refractivity contribution in [2.75, 3.05) is 13.2 Å². The predicted octanol–water partition coefficient (Wildman–Crippen LogP) is 4.86. The minimum absolute atomic E-state index is 0.125. The van der Waals surface area contributed by atoms with Gasteiger partial charge in [-0.15, -0.1) is 78.9 Å². The van der Waals surface area contributed by atoms with Gasteiger partial charge in [0.05, 0.1) is 19.8 Å². The van der Waals surface area contributed by atoms with Crippen LogP contribution in [-0.2, 0) is 11.4 Å². The fourth-order valence-corrected chi connectivity index (χ4v) is 0.670. The number of aliphatic hydroxyl groups is 2. The summed E-state index contributed by atoms with van der Waals surface area (Å²) in [6.07, 6.45) is 0. The predicted molar refractivity (Wildman–Crippen MR) is 117 cm³/mol. The molecule has 0 heterocycles. The molecule has 0 saturated heterocycles. The molecule has 4 nitrogen and oxygen atoms in total. The van der Waals surface area contributed by atoms with Crippen LogP contribution in [0.1, 0.15) is 5.56 Å². The van der Waals surface area contributed by atoms with Crippen LogP contribution in [0.2, 0.25) is 0 Å². The molecular weight excluding hydrogens is 314 g/mol. The van der Waals surface area contributed by atoms with E-state index >= 15 is 0 Å². The van der Waals surface area contributed by atoms with Crippen LogP contribution in [0.5, 0.6) is 0 Å². The van der Waals surface area contributed by atoms with Gasteiger partial charge in [0.2, 0.25) is 0 Å². The molecule has 0 aliphatic carbocycles. The van der Waals surface area contributed by atoms with Crippen molar-refractivity contribution in [2.24, 2.45) is 5.90 Å². The van der Waals surface area contributed by atoms with Crippen molar-refractivity contribution in [1.82, 2.24) is 0 Å². The van der Waals surface area contributed by atoms with Crippen molar-refractivity contribution in [3.63, 3.8) is 0 Å². The van der Waals surface area contributed by atoms with Crippen molar-refractivity contribution in [2.45, 2.75) is 6.61 Å². The third kappa shape index (κ3) is 90.6. The van der Waals surface area contributed by atoms with E-state index in [-0.39, 0.29) is 13.2 Å². The summed E-state index contributed by atoms with van der Waals surface area (Å²) in [6, 6.07) is 9.79. The molecule has 4 N–H and O–H groups in total. The topological polar surface area (TPSA) is 75.7 Å². The van der Waals surface area contributed by atoms with E-state index in [1.54, 1.807) is 0 Å². The molecule has 0 saturated carbocycles. The van der Waals surface area contributed by atoms with Crippen LogP contribution in [0.4, 0.5) is 0 Å². The van der Waals surface area contributed by atoms with E-state index in [9.17, 15) is 0 Å². The number of nitrogens with two attached hydrogens (primary N) is 1. The molecule has 0 atom stereocenters. The molecule has 1 rings (SSSR count). The summed E-state index contributed by atoms with van der Waals surface area (Å²) in [7, 11) is 0. The number of rotatable bonds is 3. The van der Waals surface area contributed by atoms with Crippen LogP contribution >= 0.6 is 0 Å². The fourth-order valence-electron chi connectivity index (χ4n) is 0.670. The lowest BCUT2D eigenvalue weighted by molar-refractivity contribution is 0.124. The summed E-state index contributed by atoms with van der Waals surface area (Å²) in [5.41, 5.74) is 1.10. The minimum Gasteiger partial charge on any atom is -0.394 e. The lowest BCUT2D eigenvalue weighted by Crippen LogP contribution is -1.97. The average Bonchev–Trinajstić information content (AvgIpc) is 2.78. The van der Waals surface area contributed by atoms with E-state index in [4.69, 9.17) is 16.1 Å². The fraction of sp³-hybridized carbons (Fsp3) is 0.143. The first-order valence-electron chi connectivity index (χ1n) is 6.92. The van der Waals surface area contributed by atoms with E-state index in [1.165, 1.54) is 0 Å². The summed E-state index contributed by atoms with van der Waals surface area (Å²) in [6.45, 7) is 36.2. The Labute approximate surface area is 156 Å². The van der Waals surface area contributed by atoms with Crippen LogP contribution in [0.25, 0.3) is 0 Å². The lowest BCUT2D eigenvalue weighted by atomic mass is 10.2. The van der Waals surface area contributed by atoms with Gasteiger partial charge < -0.3 is 10.2 Å². The molecule has 1 aromatic rings. The largest absolute Gasteiger partial charge is 0.394 e. The Bertz CT molecular complexity index is 252. The van der Waals surface area contributed by atoms with Gasteiger partial charge in [0.15, 0.2) is 0 Å². The maximum Gasteiger partial charge on any atom is 0.0930 e. The highest BCUT2D eigenvalue weighted by atomic mass is 16.6. The Morgan fingerprint density at radius 1 is 0.640 bits per heavy atom. The highest BCUT2D eigenvalue weighted by Gasteiger charge is 1.85. The van der Waals surface area contributed by atoms with Crippen LogP contribution in [0.15, 0.2) is 109 Å². The van der Waals surface area contributed by atoms with Gasteiger partial charge in [-0.25, -0.2) is 5.90 Å². The van der Waals surface area contributed by atoms with Crippen LogP contribution in [0, 0.1) is 0 Å². The van der Waals surface area contributed by atoms with Crippen LogP contribution < -0.4 is 5.90 Å². The first-order chi connectivity index (χ1) is 12.3. The Morgan fingerprint density at radius 2 is 0.920 bits per heavy atom. The summed E-state index contributed by atoms with van der Waals surface area (Å²) in [5.74, 6) is 4.86. The lowest BCUT2D eigenvalue weighted by Gasteiger charge is -1.94. The van der Waals surface area contributed by atoms with E-state index in [0.717, 1.165) is 5.56 Å². The van der Waals surface area contributed by atoms with Gasteiger partial charge in [-0.1, -0.05) is 30.3 Å². The molecule has 0 spiro atoms. The number of hydrogen-bond acceptors (Lipinski definition) is 4. The van der Waals surface area contributed by atoms with Gasteiger partial charge in [0.1, 0.15) is 0 Å². The monoisotopic (exact) mass is 353 g/mol. The molecule has 1 aromatic carbocycles. The van der Waals surface area contributed by atoms with Crippen molar-refractivity contribution < 1.29 is 15.1 Å².